The number of hydrogen-bond acceptors (Lipinski definition) is 6. The Bertz CT molecular complexity index is 1280. The third-order valence-electron chi connectivity index (χ3n) is 6.19. The van der Waals surface area contributed by atoms with Crippen molar-refractivity contribution in [1.29, 1.82) is 0 Å². The van der Waals surface area contributed by atoms with Gasteiger partial charge >= 0.3 is 0 Å². The van der Waals surface area contributed by atoms with Gasteiger partial charge < -0.3 is 4.90 Å². The van der Waals surface area contributed by atoms with Gasteiger partial charge in [-0.25, -0.2) is 0 Å². The summed E-state index contributed by atoms with van der Waals surface area (Å²) in [6.07, 6.45) is 4.90. The lowest BCUT2D eigenvalue weighted by Crippen LogP contribution is -2.45. The van der Waals surface area contributed by atoms with E-state index in [0.29, 0.717) is 21.1 Å². The number of nitrogens with zero attached hydrogens (tertiary/aromatic N) is 3. The summed E-state index contributed by atoms with van der Waals surface area (Å²) in [7, 11) is 0. The molecule has 0 aliphatic carbocycles. The number of imide groups is 1. The van der Waals surface area contributed by atoms with Gasteiger partial charge in [-0.2, -0.15) is 0 Å². The number of allylic oxidation sites excluding steroid dienone is 1. The van der Waals surface area contributed by atoms with Crippen molar-refractivity contribution in [3.05, 3.63) is 79.2 Å². The molecule has 2 aliphatic heterocycles. The third-order valence-corrected chi connectivity index (χ3v) is 7.43. The number of carbonyl (C=O) groups excluding carboxylic acids is 2. The van der Waals surface area contributed by atoms with Crippen molar-refractivity contribution in [2.45, 2.75) is 46.2 Å². The number of non-ortho nitro benzene ring substituents is 1. The van der Waals surface area contributed by atoms with Crippen molar-refractivity contribution in [1.82, 2.24) is 4.90 Å². The second kappa shape index (κ2) is 9.51. The van der Waals surface area contributed by atoms with E-state index in [9.17, 15) is 19.7 Å². The van der Waals surface area contributed by atoms with Gasteiger partial charge in [-0.05, 0) is 73.9 Å². The van der Waals surface area contributed by atoms with Gasteiger partial charge in [0, 0.05) is 35.0 Å². The number of nitro groups is 1. The molecule has 9 heteroatoms. The third kappa shape index (κ3) is 4.86. The zero-order valence-electron chi connectivity index (χ0n) is 20.0. The van der Waals surface area contributed by atoms with Crippen LogP contribution >= 0.6 is 23.4 Å². The van der Waals surface area contributed by atoms with Crippen LogP contribution in [0.3, 0.4) is 0 Å². The van der Waals surface area contributed by atoms with Crippen molar-refractivity contribution in [2.75, 3.05) is 11.4 Å². The van der Waals surface area contributed by atoms with Crippen LogP contribution in [-0.2, 0) is 11.3 Å². The van der Waals surface area contributed by atoms with E-state index in [4.69, 9.17) is 11.6 Å². The van der Waals surface area contributed by atoms with E-state index in [1.165, 1.54) is 12.1 Å². The summed E-state index contributed by atoms with van der Waals surface area (Å²) in [5.74, 6) is -0.409. The molecule has 7 nitrogen and oxygen atoms in total. The first-order chi connectivity index (χ1) is 16.5. The highest BCUT2D eigenvalue weighted by Gasteiger charge is 2.36. The van der Waals surface area contributed by atoms with Gasteiger partial charge in [0.25, 0.3) is 16.8 Å². The summed E-state index contributed by atoms with van der Waals surface area (Å²) in [6, 6.07) is 9.73. The molecule has 0 spiro atoms. The maximum atomic E-state index is 13.0. The van der Waals surface area contributed by atoms with Gasteiger partial charge in [0.1, 0.15) is 0 Å². The van der Waals surface area contributed by atoms with E-state index in [-0.39, 0.29) is 23.0 Å². The highest BCUT2D eigenvalue weighted by Crippen LogP contribution is 2.43. The van der Waals surface area contributed by atoms with Crippen LogP contribution in [-0.4, -0.2) is 33.1 Å². The lowest BCUT2D eigenvalue weighted by atomic mass is 9.87. The molecule has 2 heterocycles. The van der Waals surface area contributed by atoms with E-state index in [2.05, 4.69) is 38.7 Å². The summed E-state index contributed by atoms with van der Waals surface area (Å²) in [4.78, 5) is 39.8. The Labute approximate surface area is 213 Å². The topological polar surface area (TPSA) is 83.8 Å². The molecule has 2 aromatic rings. The molecule has 1 fully saturated rings. The van der Waals surface area contributed by atoms with E-state index < -0.39 is 10.8 Å². The molecule has 1 saturated heterocycles. The molecule has 2 amide bonds. The van der Waals surface area contributed by atoms with Crippen molar-refractivity contribution in [3.63, 3.8) is 0 Å². The number of benzene rings is 2. The Hall–Kier alpha value is -3.10. The van der Waals surface area contributed by atoms with E-state index >= 15 is 0 Å². The first-order valence-corrected chi connectivity index (χ1v) is 12.5. The number of nitro benzene ring substituents is 1. The number of amides is 2. The molecule has 0 atom stereocenters. The first kappa shape index (κ1) is 25.0. The fourth-order valence-corrected chi connectivity index (χ4v) is 5.58. The summed E-state index contributed by atoms with van der Waals surface area (Å²) in [5.41, 5.74) is 4.37. The predicted octanol–water partition coefficient (Wildman–Crippen LogP) is 6.90. The standard InChI is InChI=1S/C26H26ClN3O4S/c1-5-10-29-22-13-21(27)18(11-20(22)16(2)14-26(29,3)4)12-23-24(31)28(25(32)35-23)15-17-6-8-19(9-7-17)30(33)34/h6-9,11-14H,5,10,15H2,1-4H3/b23-12+. The second-order valence-corrected chi connectivity index (χ2v) is 10.6. The van der Waals surface area contributed by atoms with E-state index in [1.54, 1.807) is 18.2 Å². The van der Waals surface area contributed by atoms with Gasteiger partial charge in [0.15, 0.2) is 0 Å². The van der Waals surface area contributed by atoms with Crippen molar-refractivity contribution >= 4 is 57.5 Å². The fourth-order valence-electron chi connectivity index (χ4n) is 4.54. The minimum atomic E-state index is -0.492. The second-order valence-electron chi connectivity index (χ2n) is 9.21. The molecule has 0 saturated carbocycles. The molecule has 0 aromatic heterocycles. The molecule has 2 aliphatic rings. The highest BCUT2D eigenvalue weighted by atomic mass is 35.5. The lowest BCUT2D eigenvalue weighted by molar-refractivity contribution is -0.384. The molecule has 0 bridgehead atoms. The number of carbonyl (C=O) groups is 2. The van der Waals surface area contributed by atoms with Crippen LogP contribution in [0.2, 0.25) is 5.02 Å². The van der Waals surface area contributed by atoms with E-state index in [1.807, 2.05) is 12.1 Å². The Kier molecular flexibility index (Phi) is 6.79. The summed E-state index contributed by atoms with van der Waals surface area (Å²) >= 11 is 7.54. The molecule has 0 N–H and O–H groups in total. The van der Waals surface area contributed by atoms with Crippen LogP contribution in [0.4, 0.5) is 16.2 Å². The number of hydrogen-bond donors (Lipinski definition) is 0. The Balaban J connectivity index is 1.63. The zero-order chi connectivity index (χ0) is 25.5. The maximum Gasteiger partial charge on any atom is 0.293 e. The monoisotopic (exact) mass is 511 g/mol. The van der Waals surface area contributed by atoms with Crippen molar-refractivity contribution in [3.8, 4) is 0 Å². The average Bonchev–Trinajstić information content (AvgIpc) is 3.05. The van der Waals surface area contributed by atoms with Gasteiger partial charge in [-0.1, -0.05) is 36.7 Å². The molecule has 0 unspecified atom stereocenters. The zero-order valence-corrected chi connectivity index (χ0v) is 21.6. The summed E-state index contributed by atoms with van der Waals surface area (Å²) < 4.78 is 0. The predicted molar refractivity (Wildman–Crippen MR) is 141 cm³/mol. The highest BCUT2D eigenvalue weighted by molar-refractivity contribution is 8.18. The molecule has 2 aromatic carbocycles. The molecule has 182 valence electrons. The van der Waals surface area contributed by atoms with Gasteiger partial charge in [-0.3, -0.25) is 24.6 Å². The molecule has 0 radical (unpaired) electrons. The lowest BCUT2D eigenvalue weighted by Gasteiger charge is -2.43. The molecular formula is C26H26ClN3O4S. The Morgan fingerprint density at radius 1 is 1.17 bits per heavy atom. The Morgan fingerprint density at radius 3 is 2.49 bits per heavy atom. The smallest absolute Gasteiger partial charge is 0.293 e. The average molecular weight is 512 g/mol. The minimum Gasteiger partial charge on any atom is -0.362 e. The minimum absolute atomic E-state index is 0.0425. The maximum absolute atomic E-state index is 13.0. The van der Waals surface area contributed by atoms with E-state index in [0.717, 1.165) is 46.5 Å². The number of thioether (sulfide) groups is 1. The number of anilines is 1. The summed E-state index contributed by atoms with van der Waals surface area (Å²) in [6.45, 7) is 9.50. The van der Waals surface area contributed by atoms with Gasteiger partial charge in [0.2, 0.25) is 0 Å². The SMILES string of the molecule is CCCN1c2cc(Cl)c(/C=C3/SC(=O)N(Cc4ccc([N+](=O)[O-])cc4)C3=O)cc2C(C)=CC1(C)C. The van der Waals surface area contributed by atoms with Crippen LogP contribution < -0.4 is 4.90 Å². The fraction of sp³-hybridized carbons (Fsp3) is 0.308. The van der Waals surface area contributed by atoms with Crippen molar-refractivity contribution in [2.24, 2.45) is 0 Å². The quantitative estimate of drug-likeness (QED) is 0.238. The van der Waals surface area contributed by atoms with Crippen LogP contribution in [0.25, 0.3) is 11.6 Å². The Morgan fingerprint density at radius 2 is 1.86 bits per heavy atom. The normalized spacial score (nSPS) is 18.2. The first-order valence-electron chi connectivity index (χ1n) is 11.3. The number of halogens is 1. The van der Waals surface area contributed by atoms with Crippen LogP contribution in [0.5, 0.6) is 0 Å². The van der Waals surface area contributed by atoms with Crippen molar-refractivity contribution < 1.29 is 14.5 Å². The van der Waals surface area contributed by atoms with Gasteiger partial charge in [-0.15, -0.1) is 0 Å². The van der Waals surface area contributed by atoms with Gasteiger partial charge in [0.05, 0.1) is 21.9 Å². The summed E-state index contributed by atoms with van der Waals surface area (Å²) in [5, 5.41) is 11.0. The number of rotatable bonds is 6. The van der Waals surface area contributed by atoms with Crippen LogP contribution in [0.15, 0.2) is 47.4 Å². The largest absolute Gasteiger partial charge is 0.362 e. The molecule has 35 heavy (non-hydrogen) atoms. The molecule has 4 rings (SSSR count). The number of fused-ring (bicyclic) bond motifs is 1. The van der Waals surface area contributed by atoms with Crippen LogP contribution in [0.1, 0.15) is 50.8 Å². The van der Waals surface area contributed by atoms with Crippen LogP contribution in [0, 0.1) is 10.1 Å². The molecular weight excluding hydrogens is 486 g/mol.